The van der Waals surface area contributed by atoms with Crippen LogP contribution in [0.3, 0.4) is 0 Å². The minimum Gasteiger partial charge on any atom is -0.461 e. The molecule has 0 saturated carbocycles. The second-order valence-electron chi connectivity index (χ2n) is 14.9. The number of hydrogen-bond donors (Lipinski definition) is 0. The Morgan fingerprint density at radius 2 is 0.857 bits per heavy atom. The lowest BCUT2D eigenvalue weighted by molar-refractivity contribution is -0.162. The molecule has 0 aromatic carbocycles. The lowest BCUT2D eigenvalue weighted by atomic mass is 10.1. The van der Waals surface area contributed by atoms with Gasteiger partial charge in [0.1, 0.15) is 6.61 Å². The van der Waals surface area contributed by atoms with Crippen LogP contribution in [-0.4, -0.2) is 37.9 Å². The molecule has 1 unspecified atom stereocenters. The van der Waals surface area contributed by atoms with E-state index in [-0.39, 0.29) is 31.6 Å². The van der Waals surface area contributed by atoms with Crippen LogP contribution < -0.4 is 0 Å². The van der Waals surface area contributed by atoms with E-state index in [0.717, 1.165) is 70.6 Å². The lowest BCUT2D eigenvalue weighted by Gasteiger charge is -2.18. The van der Waals surface area contributed by atoms with E-state index in [4.69, 9.17) is 14.2 Å². The van der Waals surface area contributed by atoms with Gasteiger partial charge in [-0.1, -0.05) is 196 Å². The fraction of sp³-hybridized carbons (Fsp3) is 0.686. The van der Waals surface area contributed by atoms with E-state index in [1.54, 1.807) is 0 Å². The molecule has 320 valence electrons. The summed E-state index contributed by atoms with van der Waals surface area (Å²) in [4.78, 5) is 24.9. The standard InChI is InChI=1S/C51H86O5/c1-4-7-10-13-15-17-19-21-23-24-25-26-27-29-31-33-35-37-40-43-46-54-47-49(56-51(53)45-42-38-12-9-6-3)48-55-50(52)44-41-39-36-34-32-30-28-22-20-18-16-14-11-8-5-2/h8,11,15-18,21-23,28,32,34,39,41,49H,4-7,9-10,12-14,19-20,24-27,29-31,33,35-38,40,42-48H2,1-3H3/b11-8-,17-15-,18-16-,23-21-,28-22-,34-32-,41-39-. The largest absolute Gasteiger partial charge is 0.461 e. The van der Waals surface area contributed by atoms with Crippen LogP contribution in [0.15, 0.2) is 85.1 Å². The number of carbonyl (C=O) groups excluding carboxylic acids is 2. The van der Waals surface area contributed by atoms with Crippen LogP contribution in [0, 0.1) is 0 Å². The Morgan fingerprint density at radius 3 is 1.41 bits per heavy atom. The minimum absolute atomic E-state index is 0.0265. The summed E-state index contributed by atoms with van der Waals surface area (Å²) >= 11 is 0. The maximum atomic E-state index is 12.5. The summed E-state index contributed by atoms with van der Waals surface area (Å²) in [7, 11) is 0. The molecule has 5 nitrogen and oxygen atoms in total. The van der Waals surface area contributed by atoms with Crippen molar-refractivity contribution in [2.75, 3.05) is 19.8 Å². The Kier molecular flexibility index (Phi) is 44.0. The minimum atomic E-state index is -0.575. The fourth-order valence-electron chi connectivity index (χ4n) is 6.02. The van der Waals surface area contributed by atoms with Crippen LogP contribution in [-0.2, 0) is 23.8 Å². The molecular weight excluding hydrogens is 693 g/mol. The summed E-state index contributed by atoms with van der Waals surface area (Å²) < 4.78 is 17.1. The zero-order chi connectivity index (χ0) is 40.7. The predicted octanol–water partition coefficient (Wildman–Crippen LogP) is 15.3. The van der Waals surface area contributed by atoms with Crippen molar-refractivity contribution >= 4 is 11.9 Å². The first-order valence-corrected chi connectivity index (χ1v) is 23.1. The molecule has 0 aromatic rings. The third-order valence-corrected chi connectivity index (χ3v) is 9.45. The van der Waals surface area contributed by atoms with E-state index < -0.39 is 6.10 Å². The molecule has 0 fully saturated rings. The third-order valence-electron chi connectivity index (χ3n) is 9.45. The molecule has 0 saturated heterocycles. The Morgan fingerprint density at radius 1 is 0.429 bits per heavy atom. The van der Waals surface area contributed by atoms with Crippen molar-refractivity contribution in [3.8, 4) is 0 Å². The number of ether oxygens (including phenoxy) is 3. The van der Waals surface area contributed by atoms with Crippen molar-refractivity contribution in [3.05, 3.63) is 85.1 Å². The first-order valence-electron chi connectivity index (χ1n) is 23.1. The second-order valence-corrected chi connectivity index (χ2v) is 14.9. The van der Waals surface area contributed by atoms with Gasteiger partial charge in [-0.15, -0.1) is 0 Å². The molecule has 0 spiro atoms. The van der Waals surface area contributed by atoms with Gasteiger partial charge in [0.15, 0.2) is 6.10 Å². The average Bonchev–Trinajstić information content (AvgIpc) is 3.20. The molecule has 0 aliphatic heterocycles. The van der Waals surface area contributed by atoms with Crippen molar-refractivity contribution in [2.45, 2.75) is 207 Å². The van der Waals surface area contributed by atoms with Crippen LogP contribution in [0.5, 0.6) is 0 Å². The summed E-state index contributed by atoms with van der Waals surface area (Å²) in [5.41, 5.74) is 0. The highest BCUT2D eigenvalue weighted by molar-refractivity contribution is 5.71. The maximum Gasteiger partial charge on any atom is 0.309 e. The highest BCUT2D eigenvalue weighted by atomic mass is 16.6. The molecule has 0 aliphatic carbocycles. The van der Waals surface area contributed by atoms with Gasteiger partial charge < -0.3 is 14.2 Å². The van der Waals surface area contributed by atoms with Crippen molar-refractivity contribution in [3.63, 3.8) is 0 Å². The highest BCUT2D eigenvalue weighted by Gasteiger charge is 2.17. The number of esters is 2. The Bertz CT molecular complexity index is 1060. The van der Waals surface area contributed by atoms with Gasteiger partial charge >= 0.3 is 11.9 Å². The lowest BCUT2D eigenvalue weighted by Crippen LogP contribution is -2.30. The normalized spacial score (nSPS) is 13.0. The molecule has 0 amide bonds. The first-order chi connectivity index (χ1) is 27.6. The van der Waals surface area contributed by atoms with Crippen molar-refractivity contribution in [1.29, 1.82) is 0 Å². The molecule has 0 heterocycles. The third kappa shape index (κ3) is 43.8. The van der Waals surface area contributed by atoms with Crippen LogP contribution in [0.2, 0.25) is 0 Å². The van der Waals surface area contributed by atoms with Crippen molar-refractivity contribution in [1.82, 2.24) is 0 Å². The molecule has 1 atom stereocenters. The Balaban J connectivity index is 4.15. The van der Waals surface area contributed by atoms with Crippen molar-refractivity contribution in [2.24, 2.45) is 0 Å². The molecule has 0 bridgehead atoms. The van der Waals surface area contributed by atoms with Gasteiger partial charge in [0.2, 0.25) is 0 Å². The zero-order valence-corrected chi connectivity index (χ0v) is 36.6. The van der Waals surface area contributed by atoms with Crippen LogP contribution in [0.1, 0.15) is 201 Å². The van der Waals surface area contributed by atoms with Gasteiger partial charge in [-0.05, 0) is 77.0 Å². The van der Waals surface area contributed by atoms with Gasteiger partial charge in [-0.25, -0.2) is 0 Å². The van der Waals surface area contributed by atoms with Gasteiger partial charge in [0, 0.05) is 13.0 Å². The number of hydrogen-bond acceptors (Lipinski definition) is 5. The molecule has 56 heavy (non-hydrogen) atoms. The molecule has 5 heteroatoms. The summed E-state index contributed by atoms with van der Waals surface area (Å²) in [6.45, 7) is 7.49. The number of carbonyl (C=O) groups is 2. The molecule has 0 radical (unpaired) electrons. The van der Waals surface area contributed by atoms with Gasteiger partial charge in [0.25, 0.3) is 0 Å². The summed E-state index contributed by atoms with van der Waals surface area (Å²) in [6, 6.07) is 0. The molecule has 0 N–H and O–H groups in total. The number of allylic oxidation sites excluding steroid dienone is 13. The van der Waals surface area contributed by atoms with Crippen LogP contribution >= 0.6 is 0 Å². The summed E-state index contributed by atoms with van der Waals surface area (Å²) in [6.07, 6.45) is 60.7. The Labute approximate surface area is 346 Å². The van der Waals surface area contributed by atoms with E-state index in [2.05, 4.69) is 93.7 Å². The summed E-state index contributed by atoms with van der Waals surface area (Å²) in [5.74, 6) is -0.562. The SMILES string of the molecule is CC/C=C\C/C=C\C/C=C\C/C=C\C/C=C\CC(=O)OCC(COCCCCCCCCCCCC/C=C\C/C=C\CCCCC)OC(=O)CCCCCCC. The first kappa shape index (κ1) is 53.1. The van der Waals surface area contributed by atoms with Gasteiger partial charge in [-0.2, -0.15) is 0 Å². The Hall–Kier alpha value is -2.92. The molecule has 0 rings (SSSR count). The van der Waals surface area contributed by atoms with Crippen LogP contribution in [0.25, 0.3) is 0 Å². The molecular formula is C51H86O5. The van der Waals surface area contributed by atoms with Crippen LogP contribution in [0.4, 0.5) is 0 Å². The molecule has 0 aliphatic rings. The number of unbranched alkanes of at least 4 members (excludes halogenated alkanes) is 17. The van der Waals surface area contributed by atoms with E-state index in [1.165, 1.54) is 96.3 Å². The highest BCUT2D eigenvalue weighted by Crippen LogP contribution is 2.13. The van der Waals surface area contributed by atoms with Gasteiger partial charge in [0.05, 0.1) is 13.0 Å². The number of rotatable bonds is 41. The van der Waals surface area contributed by atoms with E-state index in [0.29, 0.717) is 13.0 Å². The maximum absolute atomic E-state index is 12.5. The fourth-order valence-corrected chi connectivity index (χ4v) is 6.02. The van der Waals surface area contributed by atoms with Gasteiger partial charge in [-0.3, -0.25) is 9.59 Å². The average molecular weight is 779 g/mol. The zero-order valence-electron chi connectivity index (χ0n) is 36.6. The van der Waals surface area contributed by atoms with E-state index >= 15 is 0 Å². The quantitative estimate of drug-likeness (QED) is 0.0351. The van der Waals surface area contributed by atoms with E-state index in [1.807, 2.05) is 12.2 Å². The topological polar surface area (TPSA) is 61.8 Å². The van der Waals surface area contributed by atoms with Crippen molar-refractivity contribution < 1.29 is 23.8 Å². The predicted molar refractivity (Wildman–Crippen MR) is 242 cm³/mol. The second kappa shape index (κ2) is 46.5. The molecule has 0 aromatic heterocycles. The smallest absolute Gasteiger partial charge is 0.309 e. The van der Waals surface area contributed by atoms with E-state index in [9.17, 15) is 9.59 Å². The summed E-state index contributed by atoms with van der Waals surface area (Å²) in [5, 5.41) is 0. The monoisotopic (exact) mass is 779 g/mol.